The Morgan fingerprint density at radius 3 is 3.21 bits per heavy atom. The summed E-state index contributed by atoms with van der Waals surface area (Å²) in [5.41, 5.74) is 1.27. The van der Waals surface area contributed by atoms with Crippen molar-refractivity contribution in [3.05, 3.63) is 18.0 Å². The summed E-state index contributed by atoms with van der Waals surface area (Å²) in [6.45, 7) is 0.860. The van der Waals surface area contributed by atoms with Crippen molar-refractivity contribution in [2.45, 2.75) is 38.1 Å². The van der Waals surface area contributed by atoms with Gasteiger partial charge in [-0.3, -0.25) is 9.67 Å². The molecule has 1 aromatic rings. The highest BCUT2D eigenvalue weighted by atomic mass is 32.2. The average Bonchev–Trinajstić information content (AvgIpc) is 2.84. The molecule has 2 heterocycles. The van der Waals surface area contributed by atoms with Crippen LogP contribution in [0.3, 0.4) is 0 Å². The third-order valence-electron chi connectivity index (χ3n) is 4.07. The number of fused-ring (bicyclic) bond motifs is 1. The first-order valence-electron chi connectivity index (χ1n) is 7.22. The van der Waals surface area contributed by atoms with Gasteiger partial charge in [0.15, 0.2) is 5.17 Å². The van der Waals surface area contributed by atoms with Crippen molar-refractivity contribution in [2.75, 3.05) is 12.3 Å². The molecule has 0 amide bonds. The molecule has 1 aliphatic carbocycles. The molecule has 4 nitrogen and oxygen atoms in total. The van der Waals surface area contributed by atoms with Gasteiger partial charge in [0.2, 0.25) is 0 Å². The number of aliphatic imine (C=N–C) groups is 1. The fraction of sp³-hybridized carbons (Fsp3) is 0.714. The molecule has 3 rings (SSSR count). The molecule has 2 atom stereocenters. The molecule has 2 unspecified atom stereocenters. The van der Waals surface area contributed by atoms with Crippen LogP contribution in [0.1, 0.15) is 31.2 Å². The first kappa shape index (κ1) is 13.0. The molecule has 0 aromatic carbocycles. The molecular weight excluding hydrogens is 256 g/mol. The predicted octanol–water partition coefficient (Wildman–Crippen LogP) is 2.21. The Bertz CT molecular complexity index is 454. The van der Waals surface area contributed by atoms with Gasteiger partial charge in [0.25, 0.3) is 0 Å². The molecule has 2 aliphatic rings. The van der Waals surface area contributed by atoms with E-state index in [1.165, 1.54) is 37.0 Å². The summed E-state index contributed by atoms with van der Waals surface area (Å²) in [6.07, 6.45) is 10.5. The number of amidine groups is 1. The highest BCUT2D eigenvalue weighted by Crippen LogP contribution is 2.31. The van der Waals surface area contributed by atoms with Crippen LogP contribution in [0.4, 0.5) is 0 Å². The van der Waals surface area contributed by atoms with E-state index in [1.54, 1.807) is 0 Å². The number of hydrogen-bond acceptors (Lipinski definition) is 3. The van der Waals surface area contributed by atoms with Gasteiger partial charge in [0.05, 0.1) is 6.20 Å². The number of thioether (sulfide) groups is 1. The normalized spacial score (nSPS) is 29.0. The lowest BCUT2D eigenvalue weighted by Crippen LogP contribution is -2.46. The summed E-state index contributed by atoms with van der Waals surface area (Å²) in [7, 11) is 1.96. The minimum Gasteiger partial charge on any atom is -0.362 e. The van der Waals surface area contributed by atoms with Crippen molar-refractivity contribution in [3.63, 3.8) is 0 Å². The Morgan fingerprint density at radius 2 is 2.37 bits per heavy atom. The van der Waals surface area contributed by atoms with Gasteiger partial charge in [0, 0.05) is 31.6 Å². The van der Waals surface area contributed by atoms with Crippen LogP contribution in [0, 0.1) is 5.92 Å². The maximum Gasteiger partial charge on any atom is 0.156 e. The second-order valence-electron chi connectivity index (χ2n) is 5.57. The summed E-state index contributed by atoms with van der Waals surface area (Å²) in [6, 6.07) is 0.687. The fourth-order valence-corrected chi connectivity index (χ4v) is 4.15. The lowest BCUT2D eigenvalue weighted by molar-refractivity contribution is 0.311. The summed E-state index contributed by atoms with van der Waals surface area (Å²) < 4.78 is 1.85. The van der Waals surface area contributed by atoms with Crippen LogP contribution in [0.15, 0.2) is 17.4 Å². The Morgan fingerprint density at radius 1 is 1.47 bits per heavy atom. The first-order valence-corrected chi connectivity index (χ1v) is 8.21. The molecule has 1 aromatic heterocycles. The second kappa shape index (κ2) is 5.99. The zero-order chi connectivity index (χ0) is 13.1. The monoisotopic (exact) mass is 278 g/mol. The van der Waals surface area contributed by atoms with Crippen molar-refractivity contribution in [3.8, 4) is 0 Å². The Labute approximate surface area is 119 Å². The Kier molecular flexibility index (Phi) is 4.11. The highest BCUT2D eigenvalue weighted by molar-refractivity contribution is 8.13. The smallest absolute Gasteiger partial charge is 0.156 e. The van der Waals surface area contributed by atoms with E-state index < -0.39 is 0 Å². The zero-order valence-corrected chi connectivity index (χ0v) is 12.3. The molecule has 5 heteroatoms. The first-order chi connectivity index (χ1) is 9.31. The summed E-state index contributed by atoms with van der Waals surface area (Å²) >= 11 is 1.91. The molecule has 0 radical (unpaired) electrons. The summed E-state index contributed by atoms with van der Waals surface area (Å²) in [5.74, 6) is 2.12. The SMILES string of the molecule is Cn1cc(CCN=C2NC3CCCCC3CS2)cn1. The number of hydrogen-bond donors (Lipinski definition) is 1. The molecule has 104 valence electrons. The molecule has 2 fully saturated rings. The van der Waals surface area contributed by atoms with E-state index in [9.17, 15) is 0 Å². The predicted molar refractivity (Wildman–Crippen MR) is 80.6 cm³/mol. The van der Waals surface area contributed by atoms with Crippen molar-refractivity contribution in [1.29, 1.82) is 0 Å². The largest absolute Gasteiger partial charge is 0.362 e. The minimum absolute atomic E-state index is 0.687. The van der Waals surface area contributed by atoms with E-state index in [0.29, 0.717) is 6.04 Å². The van der Waals surface area contributed by atoms with Gasteiger partial charge in [-0.15, -0.1) is 0 Å². The molecular formula is C14H22N4S. The lowest BCUT2D eigenvalue weighted by Gasteiger charge is -2.36. The van der Waals surface area contributed by atoms with E-state index in [4.69, 9.17) is 4.99 Å². The second-order valence-corrected chi connectivity index (χ2v) is 6.57. The van der Waals surface area contributed by atoms with Gasteiger partial charge in [-0.25, -0.2) is 0 Å². The summed E-state index contributed by atoms with van der Waals surface area (Å²) in [4.78, 5) is 4.71. The van der Waals surface area contributed by atoms with E-state index >= 15 is 0 Å². The number of aryl methyl sites for hydroxylation is 1. The lowest BCUT2D eigenvalue weighted by atomic mass is 9.86. The van der Waals surface area contributed by atoms with Crippen molar-refractivity contribution < 1.29 is 0 Å². The molecule has 19 heavy (non-hydrogen) atoms. The molecule has 1 saturated carbocycles. The molecule has 1 N–H and O–H groups in total. The Balaban J connectivity index is 1.50. The molecule has 1 aliphatic heterocycles. The van der Waals surface area contributed by atoms with E-state index in [2.05, 4.69) is 16.6 Å². The third kappa shape index (κ3) is 3.32. The maximum absolute atomic E-state index is 4.71. The van der Waals surface area contributed by atoms with E-state index in [1.807, 2.05) is 29.7 Å². The molecule has 1 saturated heterocycles. The topological polar surface area (TPSA) is 42.2 Å². The van der Waals surface area contributed by atoms with Crippen molar-refractivity contribution in [1.82, 2.24) is 15.1 Å². The quantitative estimate of drug-likeness (QED) is 0.922. The van der Waals surface area contributed by atoms with Crippen LogP contribution >= 0.6 is 11.8 Å². The van der Waals surface area contributed by atoms with E-state index in [-0.39, 0.29) is 0 Å². The number of nitrogens with one attached hydrogen (secondary N) is 1. The van der Waals surface area contributed by atoms with Crippen molar-refractivity contribution >= 4 is 16.9 Å². The standard InChI is InChI=1S/C14H22N4S/c1-18-9-11(8-16-18)6-7-15-14-17-13-5-3-2-4-12(13)10-19-14/h8-9,12-13H,2-7,10H2,1H3,(H,15,17). The fourth-order valence-electron chi connectivity index (χ4n) is 2.96. The zero-order valence-electron chi connectivity index (χ0n) is 11.5. The number of rotatable bonds is 3. The van der Waals surface area contributed by atoms with Gasteiger partial charge in [-0.1, -0.05) is 24.6 Å². The van der Waals surface area contributed by atoms with Crippen LogP contribution in [0.25, 0.3) is 0 Å². The van der Waals surface area contributed by atoms with E-state index in [0.717, 1.165) is 24.1 Å². The minimum atomic E-state index is 0.687. The van der Waals surface area contributed by atoms with Crippen LogP contribution in [0.5, 0.6) is 0 Å². The van der Waals surface area contributed by atoms with Gasteiger partial charge in [-0.05, 0) is 30.7 Å². The van der Waals surface area contributed by atoms with Crippen LogP contribution in [0.2, 0.25) is 0 Å². The highest BCUT2D eigenvalue weighted by Gasteiger charge is 2.29. The Hall–Kier alpha value is -0.970. The van der Waals surface area contributed by atoms with Crippen LogP contribution in [-0.2, 0) is 13.5 Å². The average molecular weight is 278 g/mol. The van der Waals surface area contributed by atoms with Crippen molar-refractivity contribution in [2.24, 2.45) is 18.0 Å². The summed E-state index contributed by atoms with van der Waals surface area (Å²) in [5, 5.41) is 8.98. The van der Waals surface area contributed by atoms with Gasteiger partial charge in [-0.2, -0.15) is 5.10 Å². The number of aromatic nitrogens is 2. The molecule has 0 spiro atoms. The van der Waals surface area contributed by atoms with Gasteiger partial charge in [0.1, 0.15) is 0 Å². The third-order valence-corrected chi connectivity index (χ3v) is 5.18. The van der Waals surface area contributed by atoms with Crippen LogP contribution < -0.4 is 5.32 Å². The van der Waals surface area contributed by atoms with Crippen LogP contribution in [-0.4, -0.2) is 33.3 Å². The number of nitrogens with zero attached hydrogens (tertiary/aromatic N) is 3. The molecule has 0 bridgehead atoms. The van der Waals surface area contributed by atoms with Gasteiger partial charge < -0.3 is 5.32 Å². The maximum atomic E-state index is 4.71. The van der Waals surface area contributed by atoms with Gasteiger partial charge >= 0.3 is 0 Å².